The molecule has 0 aliphatic carbocycles. The average molecular weight is 344 g/mol. The van der Waals surface area contributed by atoms with Crippen LogP contribution in [0.15, 0.2) is 12.1 Å². The number of nitrogens with one attached hydrogen (secondary N) is 1. The van der Waals surface area contributed by atoms with E-state index in [0.29, 0.717) is 30.3 Å². The highest BCUT2D eigenvalue weighted by Gasteiger charge is 2.16. The van der Waals surface area contributed by atoms with Crippen molar-refractivity contribution in [1.29, 1.82) is 0 Å². The van der Waals surface area contributed by atoms with E-state index in [0.717, 1.165) is 12.8 Å². The van der Waals surface area contributed by atoms with Gasteiger partial charge in [-0.25, -0.2) is 0 Å². The molecule has 0 radical (unpaired) electrons. The minimum Gasteiger partial charge on any atom is -0.490 e. The molecule has 1 amide bonds. The number of carbonyl (C=O) groups is 2. The number of halogens is 1. The number of hydrogen-bond acceptors (Lipinski definition) is 4. The highest BCUT2D eigenvalue weighted by Crippen LogP contribution is 2.36. The van der Waals surface area contributed by atoms with Gasteiger partial charge in [0, 0.05) is 12.1 Å². The first-order valence-corrected chi connectivity index (χ1v) is 7.96. The molecule has 0 unspecified atom stereocenters. The van der Waals surface area contributed by atoms with Crippen LogP contribution in [-0.2, 0) is 4.79 Å². The van der Waals surface area contributed by atoms with Gasteiger partial charge in [-0.05, 0) is 25.5 Å². The fourth-order valence-corrected chi connectivity index (χ4v) is 2.07. The van der Waals surface area contributed by atoms with E-state index >= 15 is 0 Å². The summed E-state index contributed by atoms with van der Waals surface area (Å²) >= 11 is 6.20. The number of amides is 1. The molecule has 0 saturated carbocycles. The standard InChI is InChI=1S/C16H22ClNO5/c1-3-5-8-23-15-12(17)9-11(10-13(15)22-4-2)16(21)18-7-6-14(19)20/h9-10H,3-8H2,1-2H3,(H,18,21)(H,19,20). The van der Waals surface area contributed by atoms with Gasteiger partial charge in [-0.3, -0.25) is 9.59 Å². The molecule has 0 fully saturated rings. The molecule has 0 saturated heterocycles. The third-order valence-corrected chi connectivity index (χ3v) is 3.22. The topological polar surface area (TPSA) is 84.9 Å². The second-order valence-corrected chi connectivity index (χ2v) is 5.23. The van der Waals surface area contributed by atoms with Crippen molar-refractivity contribution in [2.24, 2.45) is 0 Å². The number of ether oxygens (including phenoxy) is 2. The van der Waals surface area contributed by atoms with E-state index in [1.54, 1.807) is 6.07 Å². The summed E-state index contributed by atoms with van der Waals surface area (Å²) in [6, 6.07) is 3.04. The summed E-state index contributed by atoms with van der Waals surface area (Å²) in [5.74, 6) is -0.559. The molecule has 6 nitrogen and oxygen atoms in total. The van der Waals surface area contributed by atoms with Crippen LogP contribution < -0.4 is 14.8 Å². The molecule has 1 aromatic carbocycles. The molecule has 0 heterocycles. The Morgan fingerprint density at radius 1 is 1.26 bits per heavy atom. The summed E-state index contributed by atoms with van der Waals surface area (Å²) in [5, 5.41) is 11.4. The zero-order chi connectivity index (χ0) is 17.2. The van der Waals surface area contributed by atoms with Crippen LogP contribution in [0.3, 0.4) is 0 Å². The molecule has 0 aliphatic heterocycles. The predicted molar refractivity (Wildman–Crippen MR) is 87.6 cm³/mol. The van der Waals surface area contributed by atoms with Crippen molar-refractivity contribution >= 4 is 23.5 Å². The maximum atomic E-state index is 12.0. The van der Waals surface area contributed by atoms with Crippen LogP contribution in [0.4, 0.5) is 0 Å². The summed E-state index contributed by atoms with van der Waals surface area (Å²) in [5.41, 5.74) is 0.298. The number of unbranched alkanes of at least 4 members (excludes halogenated alkanes) is 1. The van der Waals surface area contributed by atoms with Crippen molar-refractivity contribution in [3.63, 3.8) is 0 Å². The van der Waals surface area contributed by atoms with Crippen LogP contribution in [0.25, 0.3) is 0 Å². The van der Waals surface area contributed by atoms with E-state index in [1.807, 2.05) is 6.92 Å². The van der Waals surface area contributed by atoms with Crippen molar-refractivity contribution in [3.05, 3.63) is 22.7 Å². The lowest BCUT2D eigenvalue weighted by Crippen LogP contribution is -2.26. The Labute approximate surface area is 140 Å². The molecule has 0 bridgehead atoms. The van der Waals surface area contributed by atoms with Gasteiger partial charge in [0.2, 0.25) is 0 Å². The minimum atomic E-state index is -0.974. The first kappa shape index (κ1) is 19.1. The third-order valence-electron chi connectivity index (χ3n) is 2.94. The SMILES string of the molecule is CCCCOc1c(Cl)cc(C(=O)NCCC(=O)O)cc1OCC. The smallest absolute Gasteiger partial charge is 0.305 e. The van der Waals surface area contributed by atoms with Gasteiger partial charge < -0.3 is 19.9 Å². The Morgan fingerprint density at radius 2 is 2.00 bits per heavy atom. The summed E-state index contributed by atoms with van der Waals surface area (Å²) in [6.45, 7) is 4.85. The van der Waals surface area contributed by atoms with Crippen molar-refractivity contribution in [3.8, 4) is 11.5 Å². The van der Waals surface area contributed by atoms with Gasteiger partial charge in [-0.2, -0.15) is 0 Å². The Morgan fingerprint density at radius 3 is 2.61 bits per heavy atom. The molecule has 1 rings (SSSR count). The molecule has 7 heteroatoms. The van der Waals surface area contributed by atoms with E-state index in [9.17, 15) is 9.59 Å². The molecule has 0 aromatic heterocycles. The van der Waals surface area contributed by atoms with E-state index in [-0.39, 0.29) is 18.0 Å². The molecule has 0 aliphatic rings. The predicted octanol–water partition coefficient (Wildman–Crippen LogP) is 3.12. The monoisotopic (exact) mass is 343 g/mol. The lowest BCUT2D eigenvalue weighted by molar-refractivity contribution is -0.136. The van der Waals surface area contributed by atoms with E-state index in [1.165, 1.54) is 6.07 Å². The normalized spacial score (nSPS) is 10.2. The Bertz CT molecular complexity index is 548. The molecule has 0 spiro atoms. The van der Waals surface area contributed by atoms with Crippen LogP contribution in [-0.4, -0.2) is 36.7 Å². The van der Waals surface area contributed by atoms with Crippen LogP contribution in [0.2, 0.25) is 5.02 Å². The number of carbonyl (C=O) groups excluding carboxylic acids is 1. The van der Waals surface area contributed by atoms with Gasteiger partial charge in [-0.15, -0.1) is 0 Å². The second kappa shape index (κ2) is 9.94. The van der Waals surface area contributed by atoms with Crippen molar-refractivity contribution < 1.29 is 24.2 Å². The number of benzene rings is 1. The van der Waals surface area contributed by atoms with Crippen LogP contribution in [0, 0.1) is 0 Å². The second-order valence-electron chi connectivity index (χ2n) is 4.82. The van der Waals surface area contributed by atoms with Gasteiger partial charge in [0.05, 0.1) is 24.7 Å². The Hall–Kier alpha value is -1.95. The van der Waals surface area contributed by atoms with Gasteiger partial charge in [0.15, 0.2) is 11.5 Å². The van der Waals surface area contributed by atoms with Gasteiger partial charge in [-0.1, -0.05) is 24.9 Å². The lowest BCUT2D eigenvalue weighted by atomic mass is 10.2. The number of aliphatic carboxylic acids is 1. The summed E-state index contributed by atoms with van der Waals surface area (Å²) in [4.78, 5) is 22.5. The van der Waals surface area contributed by atoms with Gasteiger partial charge >= 0.3 is 5.97 Å². The lowest BCUT2D eigenvalue weighted by Gasteiger charge is -2.15. The molecule has 1 aromatic rings. The van der Waals surface area contributed by atoms with Gasteiger partial charge in [0.1, 0.15) is 0 Å². The molecular formula is C16H22ClNO5. The number of carboxylic acid groups (broad SMARTS) is 1. The van der Waals surface area contributed by atoms with Gasteiger partial charge in [0.25, 0.3) is 5.91 Å². The quantitative estimate of drug-likeness (QED) is 0.637. The third kappa shape index (κ3) is 6.36. The summed E-state index contributed by atoms with van der Waals surface area (Å²) in [6.07, 6.45) is 1.74. The largest absolute Gasteiger partial charge is 0.490 e. The zero-order valence-corrected chi connectivity index (χ0v) is 14.1. The maximum Gasteiger partial charge on any atom is 0.305 e. The fraction of sp³-hybridized carbons (Fsp3) is 0.500. The number of rotatable bonds is 10. The first-order valence-electron chi connectivity index (χ1n) is 7.58. The molecule has 23 heavy (non-hydrogen) atoms. The Kier molecular flexibility index (Phi) is 8.26. The summed E-state index contributed by atoms with van der Waals surface area (Å²) in [7, 11) is 0. The molecule has 2 N–H and O–H groups in total. The van der Waals surface area contributed by atoms with Crippen molar-refractivity contribution in [1.82, 2.24) is 5.32 Å². The van der Waals surface area contributed by atoms with E-state index < -0.39 is 11.9 Å². The van der Waals surface area contributed by atoms with Crippen LogP contribution >= 0.6 is 11.6 Å². The number of hydrogen-bond donors (Lipinski definition) is 2. The fourth-order valence-electron chi connectivity index (χ4n) is 1.81. The number of carboxylic acids is 1. The van der Waals surface area contributed by atoms with E-state index in [4.69, 9.17) is 26.2 Å². The zero-order valence-electron chi connectivity index (χ0n) is 13.4. The molecular weight excluding hydrogens is 322 g/mol. The highest BCUT2D eigenvalue weighted by molar-refractivity contribution is 6.32. The van der Waals surface area contributed by atoms with E-state index in [2.05, 4.69) is 12.2 Å². The summed E-state index contributed by atoms with van der Waals surface area (Å²) < 4.78 is 11.1. The molecule has 0 atom stereocenters. The van der Waals surface area contributed by atoms with Crippen LogP contribution in [0.1, 0.15) is 43.5 Å². The highest BCUT2D eigenvalue weighted by atomic mass is 35.5. The average Bonchev–Trinajstić information content (AvgIpc) is 2.49. The minimum absolute atomic E-state index is 0.0461. The van der Waals surface area contributed by atoms with Crippen molar-refractivity contribution in [2.45, 2.75) is 33.1 Å². The first-order chi connectivity index (χ1) is 11.0. The van der Waals surface area contributed by atoms with Crippen molar-refractivity contribution in [2.75, 3.05) is 19.8 Å². The van der Waals surface area contributed by atoms with Crippen LogP contribution in [0.5, 0.6) is 11.5 Å². The molecule has 128 valence electrons. The maximum absolute atomic E-state index is 12.0. The Balaban J connectivity index is 2.89.